The Morgan fingerprint density at radius 2 is 2.00 bits per heavy atom. The first-order valence-electron chi connectivity index (χ1n) is 4.95. The van der Waals surface area contributed by atoms with Crippen molar-refractivity contribution in [2.45, 2.75) is 6.42 Å². The summed E-state index contributed by atoms with van der Waals surface area (Å²) in [6.07, 6.45) is 0.566. The fourth-order valence-corrected chi connectivity index (χ4v) is 2.58. The first-order chi connectivity index (χ1) is 7.55. The molecule has 0 aliphatic heterocycles. The minimum Gasteiger partial charge on any atom is -0.320 e. The molecule has 1 aromatic carbocycles. The molecule has 1 rings (SSSR count). The Morgan fingerprint density at radius 1 is 1.31 bits per heavy atom. The van der Waals surface area contributed by atoms with E-state index in [9.17, 15) is 8.42 Å². The summed E-state index contributed by atoms with van der Waals surface area (Å²) in [5.41, 5.74) is 0.425. The van der Waals surface area contributed by atoms with Gasteiger partial charge in [-0.05, 0) is 32.1 Å². The van der Waals surface area contributed by atoms with Gasteiger partial charge in [0.25, 0.3) is 0 Å². The van der Waals surface area contributed by atoms with Crippen molar-refractivity contribution in [3.05, 3.63) is 29.3 Å². The lowest BCUT2D eigenvalue weighted by Gasteiger charge is -2.08. The Hall–Kier alpha value is -0.780. The number of nitrogens with one attached hydrogen (secondary N) is 2. The normalized spacial score (nSPS) is 11.4. The lowest BCUT2D eigenvalue weighted by molar-refractivity contribution is 0.597. The van der Waals surface area contributed by atoms with Gasteiger partial charge < -0.3 is 5.32 Å². The molecule has 4 nitrogen and oxygen atoms in total. The third-order valence-corrected chi connectivity index (χ3v) is 3.67. The second-order valence-electron chi connectivity index (χ2n) is 3.36. The number of hydrogen-bond acceptors (Lipinski definition) is 3. The first-order valence-corrected chi connectivity index (χ1v) is 6.98. The van der Waals surface area contributed by atoms with Crippen molar-refractivity contribution in [3.8, 4) is 0 Å². The smallest absolute Gasteiger partial charge is 0.232 e. The van der Waals surface area contributed by atoms with Crippen LogP contribution in [0.4, 0.5) is 5.69 Å². The van der Waals surface area contributed by atoms with Crippen molar-refractivity contribution in [2.75, 3.05) is 24.1 Å². The van der Waals surface area contributed by atoms with Crippen molar-refractivity contribution in [3.63, 3.8) is 0 Å². The van der Waals surface area contributed by atoms with E-state index in [0.29, 0.717) is 23.7 Å². The van der Waals surface area contributed by atoms with Gasteiger partial charge in [0.15, 0.2) is 0 Å². The molecule has 0 aliphatic carbocycles. The SMILES string of the molecule is CNCCCS(=O)(=O)Nc1ccccc1Cl. The maximum Gasteiger partial charge on any atom is 0.232 e. The van der Waals surface area contributed by atoms with Crippen LogP contribution in [0.5, 0.6) is 0 Å². The molecule has 0 saturated heterocycles. The minimum absolute atomic E-state index is 0.0824. The maximum atomic E-state index is 11.6. The van der Waals surface area contributed by atoms with Gasteiger partial charge in [0.05, 0.1) is 16.5 Å². The largest absolute Gasteiger partial charge is 0.320 e. The molecule has 0 heterocycles. The number of rotatable bonds is 6. The Bertz CT molecular complexity index is 434. The van der Waals surface area contributed by atoms with Gasteiger partial charge in [-0.15, -0.1) is 0 Å². The van der Waals surface area contributed by atoms with Gasteiger partial charge in [-0.3, -0.25) is 4.72 Å². The quantitative estimate of drug-likeness (QED) is 0.767. The van der Waals surface area contributed by atoms with E-state index in [1.165, 1.54) is 0 Å². The number of hydrogen-bond donors (Lipinski definition) is 2. The molecule has 0 saturated carbocycles. The number of sulfonamides is 1. The molecular weight excluding hydrogens is 248 g/mol. The van der Waals surface area contributed by atoms with Crippen LogP contribution in [0.3, 0.4) is 0 Å². The molecule has 90 valence electrons. The highest BCUT2D eigenvalue weighted by molar-refractivity contribution is 7.92. The fraction of sp³-hybridized carbons (Fsp3) is 0.400. The summed E-state index contributed by atoms with van der Waals surface area (Å²) < 4.78 is 25.7. The molecule has 0 unspecified atom stereocenters. The van der Waals surface area contributed by atoms with E-state index < -0.39 is 10.0 Å². The highest BCUT2D eigenvalue weighted by Crippen LogP contribution is 2.21. The molecule has 0 aliphatic rings. The predicted molar refractivity (Wildman–Crippen MR) is 67.4 cm³/mol. The summed E-state index contributed by atoms with van der Waals surface area (Å²) in [5.74, 6) is 0.0824. The molecule has 0 atom stereocenters. The van der Waals surface area contributed by atoms with E-state index >= 15 is 0 Å². The van der Waals surface area contributed by atoms with Gasteiger partial charge in [-0.2, -0.15) is 0 Å². The molecule has 0 bridgehead atoms. The van der Waals surface area contributed by atoms with Gasteiger partial charge in [0.2, 0.25) is 10.0 Å². The fourth-order valence-electron chi connectivity index (χ4n) is 1.20. The second-order valence-corrected chi connectivity index (χ2v) is 5.61. The van der Waals surface area contributed by atoms with E-state index in [0.717, 1.165) is 0 Å². The molecule has 2 N–H and O–H groups in total. The summed E-state index contributed by atoms with van der Waals surface area (Å²) in [5, 5.41) is 3.30. The van der Waals surface area contributed by atoms with Crippen LogP contribution in [-0.2, 0) is 10.0 Å². The van der Waals surface area contributed by atoms with Crippen molar-refractivity contribution >= 4 is 27.3 Å². The third kappa shape index (κ3) is 4.38. The molecular formula is C10H15ClN2O2S. The van der Waals surface area contributed by atoms with Crippen molar-refractivity contribution in [1.82, 2.24) is 5.32 Å². The second kappa shape index (κ2) is 6.08. The molecule has 0 spiro atoms. The first kappa shape index (κ1) is 13.3. The van der Waals surface area contributed by atoms with E-state index in [-0.39, 0.29) is 5.75 Å². The van der Waals surface area contributed by atoms with Gasteiger partial charge >= 0.3 is 0 Å². The van der Waals surface area contributed by atoms with E-state index in [1.54, 1.807) is 31.3 Å². The van der Waals surface area contributed by atoms with Crippen LogP contribution >= 0.6 is 11.6 Å². The molecule has 0 amide bonds. The zero-order valence-electron chi connectivity index (χ0n) is 9.03. The average molecular weight is 263 g/mol. The Labute approximate surface area is 101 Å². The summed E-state index contributed by atoms with van der Waals surface area (Å²) in [7, 11) is -1.52. The summed E-state index contributed by atoms with van der Waals surface area (Å²) in [6.45, 7) is 0.670. The van der Waals surface area contributed by atoms with Crippen LogP contribution in [-0.4, -0.2) is 27.8 Å². The van der Waals surface area contributed by atoms with Crippen LogP contribution in [0.15, 0.2) is 24.3 Å². The average Bonchev–Trinajstić information content (AvgIpc) is 2.21. The van der Waals surface area contributed by atoms with Crippen LogP contribution in [0.2, 0.25) is 5.02 Å². The standard InChI is InChI=1S/C10H15ClN2O2S/c1-12-7-4-8-16(14,15)13-10-6-3-2-5-9(10)11/h2-3,5-6,12-13H,4,7-8H2,1H3. The predicted octanol–water partition coefficient (Wildman–Crippen LogP) is 1.69. The number of para-hydroxylation sites is 1. The molecule has 0 fully saturated rings. The zero-order chi connectivity index (χ0) is 12.0. The van der Waals surface area contributed by atoms with Crippen molar-refractivity contribution < 1.29 is 8.42 Å². The van der Waals surface area contributed by atoms with Gasteiger partial charge in [0, 0.05) is 0 Å². The van der Waals surface area contributed by atoms with Gasteiger partial charge in [-0.25, -0.2) is 8.42 Å². The molecule has 0 radical (unpaired) electrons. The Balaban J connectivity index is 2.63. The van der Waals surface area contributed by atoms with E-state index in [1.807, 2.05) is 0 Å². The Kier molecular flexibility index (Phi) is 5.05. The van der Waals surface area contributed by atoms with Crippen LogP contribution in [0.1, 0.15) is 6.42 Å². The molecule has 0 aromatic heterocycles. The van der Waals surface area contributed by atoms with Crippen LogP contribution in [0, 0.1) is 0 Å². The number of anilines is 1. The van der Waals surface area contributed by atoms with Gasteiger partial charge in [-0.1, -0.05) is 23.7 Å². The number of halogens is 1. The molecule has 16 heavy (non-hydrogen) atoms. The van der Waals surface area contributed by atoms with Crippen LogP contribution in [0.25, 0.3) is 0 Å². The highest BCUT2D eigenvalue weighted by Gasteiger charge is 2.11. The van der Waals surface area contributed by atoms with Crippen molar-refractivity contribution in [1.29, 1.82) is 0 Å². The Morgan fingerprint density at radius 3 is 2.62 bits per heavy atom. The lowest BCUT2D eigenvalue weighted by Crippen LogP contribution is -2.20. The van der Waals surface area contributed by atoms with Gasteiger partial charge in [0.1, 0.15) is 0 Å². The monoisotopic (exact) mass is 262 g/mol. The summed E-state index contributed by atoms with van der Waals surface area (Å²) in [4.78, 5) is 0. The molecule has 1 aromatic rings. The minimum atomic E-state index is -3.30. The topological polar surface area (TPSA) is 58.2 Å². The number of benzene rings is 1. The molecule has 6 heteroatoms. The van der Waals surface area contributed by atoms with E-state index in [4.69, 9.17) is 11.6 Å². The summed E-state index contributed by atoms with van der Waals surface area (Å²) >= 11 is 5.85. The van der Waals surface area contributed by atoms with Crippen molar-refractivity contribution in [2.24, 2.45) is 0 Å². The van der Waals surface area contributed by atoms with Crippen LogP contribution < -0.4 is 10.0 Å². The zero-order valence-corrected chi connectivity index (χ0v) is 10.6. The maximum absolute atomic E-state index is 11.6. The summed E-state index contributed by atoms with van der Waals surface area (Å²) in [6, 6.07) is 6.77. The van der Waals surface area contributed by atoms with E-state index in [2.05, 4.69) is 10.0 Å². The lowest BCUT2D eigenvalue weighted by atomic mass is 10.3. The highest BCUT2D eigenvalue weighted by atomic mass is 35.5. The third-order valence-electron chi connectivity index (χ3n) is 1.98.